The van der Waals surface area contributed by atoms with E-state index >= 15 is 0 Å². The lowest BCUT2D eigenvalue weighted by Gasteiger charge is -2.15. The standard InChI is InChI=1S/C17H25NO3/c1-11(2)10-18-17(19)8-13-6-5-12-7-15(20-3)16(21-4)9-14(12)13/h7,9,11,13H,5-6,8,10H2,1-4H3,(H,18,19). The number of fused-ring (bicyclic) bond motifs is 1. The predicted molar refractivity (Wildman–Crippen MR) is 83.1 cm³/mol. The Labute approximate surface area is 126 Å². The zero-order valence-corrected chi connectivity index (χ0v) is 13.4. The van der Waals surface area contributed by atoms with Crippen molar-refractivity contribution in [1.29, 1.82) is 0 Å². The number of hydrogen-bond donors (Lipinski definition) is 1. The molecule has 1 unspecified atom stereocenters. The molecule has 0 bridgehead atoms. The van der Waals surface area contributed by atoms with Crippen molar-refractivity contribution in [3.8, 4) is 11.5 Å². The van der Waals surface area contributed by atoms with E-state index in [1.165, 1.54) is 11.1 Å². The molecule has 0 saturated carbocycles. The van der Waals surface area contributed by atoms with Crippen LogP contribution in [0.3, 0.4) is 0 Å². The Morgan fingerprint density at radius 3 is 2.57 bits per heavy atom. The normalized spacial score (nSPS) is 16.7. The van der Waals surface area contributed by atoms with E-state index in [-0.39, 0.29) is 11.8 Å². The van der Waals surface area contributed by atoms with Crippen LogP contribution in [-0.4, -0.2) is 26.7 Å². The minimum atomic E-state index is 0.135. The van der Waals surface area contributed by atoms with Gasteiger partial charge in [-0.25, -0.2) is 0 Å². The van der Waals surface area contributed by atoms with Gasteiger partial charge in [-0.2, -0.15) is 0 Å². The lowest BCUT2D eigenvalue weighted by Crippen LogP contribution is -2.28. The van der Waals surface area contributed by atoms with Gasteiger partial charge in [0.1, 0.15) is 0 Å². The molecule has 0 spiro atoms. The molecule has 0 saturated heterocycles. The van der Waals surface area contributed by atoms with Crippen LogP contribution in [-0.2, 0) is 11.2 Å². The first-order valence-electron chi connectivity index (χ1n) is 7.56. The summed E-state index contributed by atoms with van der Waals surface area (Å²) in [7, 11) is 3.29. The van der Waals surface area contributed by atoms with Crippen LogP contribution in [0.2, 0.25) is 0 Å². The van der Waals surface area contributed by atoms with Crippen molar-refractivity contribution >= 4 is 5.91 Å². The Balaban J connectivity index is 2.09. The van der Waals surface area contributed by atoms with E-state index in [2.05, 4.69) is 19.2 Å². The van der Waals surface area contributed by atoms with Crippen LogP contribution in [0, 0.1) is 5.92 Å². The van der Waals surface area contributed by atoms with Gasteiger partial charge in [0, 0.05) is 13.0 Å². The molecule has 0 radical (unpaired) electrons. The molecule has 0 fully saturated rings. The summed E-state index contributed by atoms with van der Waals surface area (Å²) >= 11 is 0. The minimum absolute atomic E-state index is 0.135. The summed E-state index contributed by atoms with van der Waals surface area (Å²) in [6.45, 7) is 4.94. The molecular formula is C17H25NO3. The lowest BCUT2D eigenvalue weighted by atomic mass is 9.97. The average Bonchev–Trinajstić information content (AvgIpc) is 2.85. The zero-order chi connectivity index (χ0) is 15.4. The third-order valence-corrected chi connectivity index (χ3v) is 3.99. The Hall–Kier alpha value is -1.71. The van der Waals surface area contributed by atoms with Gasteiger partial charge in [-0.1, -0.05) is 13.8 Å². The van der Waals surface area contributed by atoms with Crippen molar-refractivity contribution in [3.05, 3.63) is 23.3 Å². The van der Waals surface area contributed by atoms with E-state index in [1.54, 1.807) is 14.2 Å². The molecule has 4 heteroatoms. The second-order valence-electron chi connectivity index (χ2n) is 6.04. The first-order valence-corrected chi connectivity index (χ1v) is 7.56. The molecular weight excluding hydrogens is 266 g/mol. The van der Waals surface area contributed by atoms with Crippen LogP contribution in [0.25, 0.3) is 0 Å². The molecule has 21 heavy (non-hydrogen) atoms. The third-order valence-electron chi connectivity index (χ3n) is 3.99. The fourth-order valence-corrected chi connectivity index (χ4v) is 2.84. The maximum Gasteiger partial charge on any atom is 0.220 e. The third kappa shape index (κ3) is 3.69. The van der Waals surface area contributed by atoms with Gasteiger partial charge in [0.2, 0.25) is 5.91 Å². The van der Waals surface area contributed by atoms with E-state index in [4.69, 9.17) is 9.47 Å². The number of ether oxygens (including phenoxy) is 2. The van der Waals surface area contributed by atoms with Crippen LogP contribution >= 0.6 is 0 Å². The number of benzene rings is 1. The van der Waals surface area contributed by atoms with E-state index < -0.39 is 0 Å². The van der Waals surface area contributed by atoms with Crippen LogP contribution in [0.4, 0.5) is 0 Å². The smallest absolute Gasteiger partial charge is 0.220 e. The molecule has 116 valence electrons. The summed E-state index contributed by atoms with van der Waals surface area (Å²) in [4.78, 5) is 12.0. The highest BCUT2D eigenvalue weighted by Crippen LogP contribution is 2.41. The van der Waals surface area contributed by atoms with E-state index in [0.29, 0.717) is 12.3 Å². The van der Waals surface area contributed by atoms with E-state index in [1.807, 2.05) is 12.1 Å². The number of aryl methyl sites for hydroxylation is 1. The molecule has 4 nitrogen and oxygen atoms in total. The molecule has 1 N–H and O–H groups in total. The lowest BCUT2D eigenvalue weighted by molar-refractivity contribution is -0.121. The number of amides is 1. The molecule has 0 aromatic heterocycles. The van der Waals surface area contributed by atoms with Crippen LogP contribution in [0.15, 0.2) is 12.1 Å². The van der Waals surface area contributed by atoms with Gasteiger partial charge in [-0.3, -0.25) is 4.79 Å². The van der Waals surface area contributed by atoms with Gasteiger partial charge in [0.15, 0.2) is 11.5 Å². The number of carbonyl (C=O) groups is 1. The Bertz CT molecular complexity index is 511. The molecule has 1 atom stereocenters. The molecule has 0 aliphatic heterocycles. The summed E-state index contributed by atoms with van der Waals surface area (Å²) < 4.78 is 10.7. The minimum Gasteiger partial charge on any atom is -0.493 e. The first-order chi connectivity index (χ1) is 10.0. The van der Waals surface area contributed by atoms with E-state index in [0.717, 1.165) is 30.9 Å². The van der Waals surface area contributed by atoms with Crippen molar-refractivity contribution in [1.82, 2.24) is 5.32 Å². The number of methoxy groups -OCH3 is 2. The Kier molecular flexibility index (Phi) is 5.10. The fraction of sp³-hybridized carbons (Fsp3) is 0.588. The maximum absolute atomic E-state index is 12.0. The molecule has 1 amide bonds. The topological polar surface area (TPSA) is 47.6 Å². The van der Waals surface area contributed by atoms with Crippen LogP contribution in [0.1, 0.15) is 43.7 Å². The van der Waals surface area contributed by atoms with Crippen molar-refractivity contribution < 1.29 is 14.3 Å². The zero-order valence-electron chi connectivity index (χ0n) is 13.4. The van der Waals surface area contributed by atoms with Crippen molar-refractivity contribution in [2.24, 2.45) is 5.92 Å². The largest absolute Gasteiger partial charge is 0.493 e. The quantitative estimate of drug-likeness (QED) is 0.876. The Morgan fingerprint density at radius 2 is 1.95 bits per heavy atom. The van der Waals surface area contributed by atoms with Gasteiger partial charge in [-0.15, -0.1) is 0 Å². The highest BCUT2D eigenvalue weighted by molar-refractivity contribution is 5.77. The Morgan fingerprint density at radius 1 is 1.29 bits per heavy atom. The van der Waals surface area contributed by atoms with Crippen molar-refractivity contribution in [2.75, 3.05) is 20.8 Å². The van der Waals surface area contributed by atoms with Gasteiger partial charge >= 0.3 is 0 Å². The number of carbonyl (C=O) groups excluding carboxylic acids is 1. The number of rotatable bonds is 6. The van der Waals surface area contributed by atoms with Crippen molar-refractivity contribution in [3.63, 3.8) is 0 Å². The van der Waals surface area contributed by atoms with Gasteiger partial charge in [0.05, 0.1) is 14.2 Å². The molecule has 0 heterocycles. The highest BCUT2D eigenvalue weighted by atomic mass is 16.5. The first kappa shape index (κ1) is 15.7. The van der Waals surface area contributed by atoms with E-state index in [9.17, 15) is 4.79 Å². The fourth-order valence-electron chi connectivity index (χ4n) is 2.84. The summed E-state index contributed by atoms with van der Waals surface area (Å²) in [5.74, 6) is 2.41. The van der Waals surface area contributed by atoms with Gasteiger partial charge in [0.25, 0.3) is 0 Å². The van der Waals surface area contributed by atoms with Crippen LogP contribution < -0.4 is 14.8 Å². The van der Waals surface area contributed by atoms with Gasteiger partial charge < -0.3 is 14.8 Å². The summed E-state index contributed by atoms with van der Waals surface area (Å²) in [6, 6.07) is 4.07. The van der Waals surface area contributed by atoms with Crippen LogP contribution in [0.5, 0.6) is 11.5 Å². The monoisotopic (exact) mass is 291 g/mol. The second kappa shape index (κ2) is 6.83. The maximum atomic E-state index is 12.0. The second-order valence-corrected chi connectivity index (χ2v) is 6.04. The number of nitrogens with one attached hydrogen (secondary N) is 1. The predicted octanol–water partition coefficient (Wildman–Crippen LogP) is 2.90. The molecule has 1 aliphatic carbocycles. The summed E-state index contributed by atoms with van der Waals surface area (Å²) in [5.41, 5.74) is 2.50. The highest BCUT2D eigenvalue weighted by Gasteiger charge is 2.26. The molecule has 1 aromatic rings. The number of hydrogen-bond acceptors (Lipinski definition) is 3. The molecule has 1 aromatic carbocycles. The summed E-state index contributed by atoms with van der Waals surface area (Å²) in [5, 5.41) is 3.00. The van der Waals surface area contributed by atoms with Crippen molar-refractivity contribution in [2.45, 2.75) is 39.0 Å². The molecule has 1 aliphatic rings. The average molecular weight is 291 g/mol. The summed E-state index contributed by atoms with van der Waals surface area (Å²) in [6.07, 6.45) is 2.56. The molecule has 2 rings (SSSR count). The van der Waals surface area contributed by atoms with Gasteiger partial charge in [-0.05, 0) is 47.9 Å². The SMILES string of the molecule is COc1cc2c(cc1OC)C(CC(=O)NCC(C)C)CC2.